The quantitative estimate of drug-likeness (QED) is 0.780. The Morgan fingerprint density at radius 3 is 2.92 bits per heavy atom. The van der Waals surface area contributed by atoms with Crippen molar-refractivity contribution in [2.24, 2.45) is 0 Å². The lowest BCUT2D eigenvalue weighted by Crippen LogP contribution is -2.67. The van der Waals surface area contributed by atoms with Gasteiger partial charge in [0.15, 0.2) is 0 Å². The highest BCUT2D eigenvalue weighted by molar-refractivity contribution is 7.89. The molecule has 1 spiro atoms. The Morgan fingerprint density at radius 1 is 1.42 bits per heavy atom. The summed E-state index contributed by atoms with van der Waals surface area (Å²) in [4.78, 5) is 4.45. The van der Waals surface area contributed by atoms with Crippen LogP contribution in [-0.2, 0) is 26.1 Å². The summed E-state index contributed by atoms with van der Waals surface area (Å²) in [6.45, 7) is 5.86. The van der Waals surface area contributed by atoms with Crippen LogP contribution < -0.4 is 0 Å². The maximum Gasteiger partial charge on any atom is 0.214 e. The number of nitrogens with zero attached hydrogens (tertiary/aromatic N) is 2. The minimum absolute atomic E-state index is 0.0945. The molecule has 3 heterocycles. The van der Waals surface area contributed by atoms with Gasteiger partial charge < -0.3 is 9.47 Å². The summed E-state index contributed by atoms with van der Waals surface area (Å²) in [7, 11) is -3.12. The maximum atomic E-state index is 12.1. The van der Waals surface area contributed by atoms with Gasteiger partial charge in [0.05, 0.1) is 29.8 Å². The topological polar surface area (TPSA) is 68.7 Å². The summed E-state index contributed by atoms with van der Waals surface area (Å²) in [5.41, 5.74) is 1.55. The van der Waals surface area contributed by atoms with Crippen LogP contribution in [0.15, 0.2) is 18.2 Å². The van der Waals surface area contributed by atoms with Crippen LogP contribution in [0.1, 0.15) is 37.6 Å². The van der Waals surface area contributed by atoms with Gasteiger partial charge in [-0.05, 0) is 31.9 Å². The molecular formula is C17H26N2O4S. The van der Waals surface area contributed by atoms with E-state index in [4.69, 9.17) is 9.47 Å². The van der Waals surface area contributed by atoms with Gasteiger partial charge in [-0.1, -0.05) is 13.0 Å². The first kappa shape index (κ1) is 17.8. The fourth-order valence-corrected chi connectivity index (χ4v) is 5.05. The Labute approximate surface area is 144 Å². The van der Waals surface area contributed by atoms with Crippen LogP contribution >= 0.6 is 0 Å². The van der Waals surface area contributed by atoms with E-state index >= 15 is 0 Å². The van der Waals surface area contributed by atoms with E-state index in [0.717, 1.165) is 24.2 Å². The Kier molecular flexibility index (Phi) is 5.24. The van der Waals surface area contributed by atoms with Gasteiger partial charge in [-0.15, -0.1) is 0 Å². The van der Waals surface area contributed by atoms with Gasteiger partial charge in [0.1, 0.15) is 0 Å². The van der Waals surface area contributed by atoms with Crippen LogP contribution in [0.25, 0.3) is 0 Å². The van der Waals surface area contributed by atoms with E-state index in [0.29, 0.717) is 32.7 Å². The lowest BCUT2D eigenvalue weighted by atomic mass is 9.86. The third kappa shape index (κ3) is 3.96. The molecule has 2 aliphatic rings. The van der Waals surface area contributed by atoms with Gasteiger partial charge in [-0.3, -0.25) is 4.98 Å². The van der Waals surface area contributed by atoms with Crippen molar-refractivity contribution in [2.45, 2.75) is 51.4 Å². The van der Waals surface area contributed by atoms with Crippen LogP contribution in [0.4, 0.5) is 0 Å². The third-order valence-corrected chi connectivity index (χ3v) is 6.61. The molecule has 2 aliphatic heterocycles. The van der Waals surface area contributed by atoms with Crippen LogP contribution in [0.3, 0.4) is 0 Å². The largest absolute Gasteiger partial charge is 0.372 e. The number of aryl methyl sites for hydroxylation is 1. The molecule has 0 unspecified atom stereocenters. The van der Waals surface area contributed by atoms with Crippen molar-refractivity contribution in [3.05, 3.63) is 29.6 Å². The molecule has 0 N–H and O–H groups in total. The second kappa shape index (κ2) is 7.07. The van der Waals surface area contributed by atoms with Gasteiger partial charge in [-0.2, -0.15) is 4.31 Å². The van der Waals surface area contributed by atoms with Crippen molar-refractivity contribution >= 4 is 10.0 Å². The number of hydrogen-bond donors (Lipinski definition) is 0. The molecule has 2 fully saturated rings. The van der Waals surface area contributed by atoms with Gasteiger partial charge >= 0.3 is 0 Å². The molecular weight excluding hydrogens is 328 g/mol. The minimum atomic E-state index is -3.12. The summed E-state index contributed by atoms with van der Waals surface area (Å²) >= 11 is 0. The maximum absolute atomic E-state index is 12.1. The highest BCUT2D eigenvalue weighted by Gasteiger charge is 2.51. The average molecular weight is 354 g/mol. The standard InChI is InChI=1S/C17H26N2O4S/c1-3-9-24(20,21)19-12-17(13-19)10-16(7-8-23-17)22-11-15-6-4-5-14(2)18-15/h4-6,16H,3,7-13H2,1-2H3/t16-/m1/s1. The summed E-state index contributed by atoms with van der Waals surface area (Å²) < 4.78 is 37.6. The summed E-state index contributed by atoms with van der Waals surface area (Å²) in [5, 5.41) is 0. The molecule has 7 heteroatoms. The lowest BCUT2D eigenvalue weighted by molar-refractivity contribution is -0.180. The molecule has 134 valence electrons. The number of rotatable bonds is 6. The number of sulfonamides is 1. The zero-order chi connectivity index (χ0) is 17.2. The van der Waals surface area contributed by atoms with E-state index in [1.54, 1.807) is 4.31 Å². The van der Waals surface area contributed by atoms with E-state index in [1.165, 1.54) is 0 Å². The first-order chi connectivity index (χ1) is 11.4. The molecule has 3 rings (SSSR count). The zero-order valence-corrected chi connectivity index (χ0v) is 15.2. The molecule has 6 nitrogen and oxygen atoms in total. The molecule has 1 aromatic rings. The number of pyridine rings is 1. The first-order valence-corrected chi connectivity index (χ1v) is 10.2. The van der Waals surface area contributed by atoms with E-state index in [1.807, 2.05) is 32.0 Å². The summed E-state index contributed by atoms with van der Waals surface area (Å²) in [6.07, 6.45) is 2.32. The van der Waals surface area contributed by atoms with Crippen molar-refractivity contribution in [3.63, 3.8) is 0 Å². The highest BCUT2D eigenvalue weighted by Crippen LogP contribution is 2.37. The molecule has 0 aliphatic carbocycles. The lowest BCUT2D eigenvalue weighted by Gasteiger charge is -2.52. The number of hydrogen-bond acceptors (Lipinski definition) is 5. The molecule has 0 radical (unpaired) electrons. The molecule has 0 aromatic carbocycles. The predicted molar refractivity (Wildman–Crippen MR) is 91.1 cm³/mol. The van der Waals surface area contributed by atoms with E-state index < -0.39 is 10.0 Å². The second-order valence-corrected chi connectivity index (χ2v) is 8.90. The first-order valence-electron chi connectivity index (χ1n) is 8.58. The van der Waals surface area contributed by atoms with Crippen LogP contribution in [-0.4, -0.2) is 54.9 Å². The number of ether oxygens (including phenoxy) is 2. The van der Waals surface area contributed by atoms with Gasteiger partial charge in [0.2, 0.25) is 10.0 Å². The fraction of sp³-hybridized carbons (Fsp3) is 0.706. The number of aromatic nitrogens is 1. The van der Waals surface area contributed by atoms with Gasteiger partial charge in [-0.25, -0.2) is 8.42 Å². The Balaban J connectivity index is 1.52. The van der Waals surface area contributed by atoms with E-state index in [-0.39, 0.29) is 17.5 Å². The molecule has 0 amide bonds. The SMILES string of the molecule is CCCS(=O)(=O)N1CC2(C[C@H](OCc3cccc(C)n3)CCO2)C1. The zero-order valence-electron chi connectivity index (χ0n) is 14.4. The van der Waals surface area contributed by atoms with Gasteiger partial charge in [0.25, 0.3) is 0 Å². The highest BCUT2D eigenvalue weighted by atomic mass is 32.2. The van der Waals surface area contributed by atoms with Crippen molar-refractivity contribution in [1.82, 2.24) is 9.29 Å². The Bertz CT molecular complexity index is 671. The van der Waals surface area contributed by atoms with Crippen LogP contribution in [0.5, 0.6) is 0 Å². The minimum Gasteiger partial charge on any atom is -0.372 e. The second-order valence-electron chi connectivity index (χ2n) is 6.81. The molecule has 0 bridgehead atoms. The molecule has 1 aromatic heterocycles. The molecule has 1 atom stereocenters. The van der Waals surface area contributed by atoms with Crippen LogP contribution in [0.2, 0.25) is 0 Å². The average Bonchev–Trinajstić information content (AvgIpc) is 2.51. The van der Waals surface area contributed by atoms with Crippen molar-refractivity contribution in [1.29, 1.82) is 0 Å². The summed E-state index contributed by atoms with van der Waals surface area (Å²) in [5.74, 6) is 0.210. The normalized spacial score (nSPS) is 24.0. The Hall–Kier alpha value is -1.02. The fourth-order valence-electron chi connectivity index (χ4n) is 3.41. The van der Waals surface area contributed by atoms with Crippen molar-refractivity contribution in [2.75, 3.05) is 25.4 Å². The smallest absolute Gasteiger partial charge is 0.214 e. The predicted octanol–water partition coefficient (Wildman–Crippen LogP) is 1.88. The third-order valence-electron chi connectivity index (χ3n) is 4.65. The van der Waals surface area contributed by atoms with Gasteiger partial charge in [0, 0.05) is 31.8 Å². The van der Waals surface area contributed by atoms with E-state index in [9.17, 15) is 8.42 Å². The van der Waals surface area contributed by atoms with E-state index in [2.05, 4.69) is 4.98 Å². The Morgan fingerprint density at radius 2 is 2.21 bits per heavy atom. The van der Waals surface area contributed by atoms with Crippen LogP contribution in [0, 0.1) is 6.92 Å². The molecule has 0 saturated carbocycles. The monoisotopic (exact) mass is 354 g/mol. The molecule has 24 heavy (non-hydrogen) atoms. The van der Waals surface area contributed by atoms with Crippen molar-refractivity contribution in [3.8, 4) is 0 Å². The summed E-state index contributed by atoms with van der Waals surface area (Å²) in [6, 6.07) is 5.91. The van der Waals surface area contributed by atoms with Crippen molar-refractivity contribution < 1.29 is 17.9 Å². The molecule has 2 saturated heterocycles.